The zero-order valence-electron chi connectivity index (χ0n) is 15.2. The summed E-state index contributed by atoms with van der Waals surface area (Å²) >= 11 is 0. The molecule has 0 saturated carbocycles. The Hall–Kier alpha value is -0.823. The van der Waals surface area contributed by atoms with Gasteiger partial charge in [-0.3, -0.25) is 0 Å². The summed E-state index contributed by atoms with van der Waals surface area (Å²) in [5.41, 5.74) is 2.56. The number of terminal acetylenes is 1. The van der Waals surface area contributed by atoms with Crippen molar-refractivity contribution in [3.05, 3.63) is 23.8 Å². The highest BCUT2D eigenvalue weighted by Gasteiger charge is 2.39. The van der Waals surface area contributed by atoms with E-state index in [2.05, 4.69) is 53.3 Å². The van der Waals surface area contributed by atoms with Crippen LogP contribution in [-0.4, -0.2) is 27.6 Å². The monoisotopic (exact) mass is 320 g/mol. The molecule has 0 radical (unpaired) electrons. The summed E-state index contributed by atoms with van der Waals surface area (Å²) in [7, 11) is -1.73. The molecule has 1 rings (SSSR count). The molecule has 1 aliphatic rings. The van der Waals surface area contributed by atoms with Crippen LogP contribution in [0.4, 0.5) is 0 Å². The fourth-order valence-electron chi connectivity index (χ4n) is 2.59. The van der Waals surface area contributed by atoms with Gasteiger partial charge in [0.1, 0.15) is 6.61 Å². The van der Waals surface area contributed by atoms with E-state index in [0.29, 0.717) is 12.5 Å². The Morgan fingerprint density at radius 1 is 1.41 bits per heavy atom. The van der Waals surface area contributed by atoms with E-state index in [1.807, 2.05) is 6.08 Å². The highest BCUT2D eigenvalue weighted by Crippen LogP contribution is 2.38. The molecule has 0 aromatic carbocycles. The maximum atomic E-state index is 6.42. The highest BCUT2D eigenvalue weighted by atomic mass is 28.4. The first-order chi connectivity index (χ1) is 10.1. The standard InChI is InChI=1S/C19H32O2Si/c1-9-13-20-18-15(3)16(10-2)11-12-17(18)14-21-22(7,8)19(4,5)6/h1,10,17-18H,2,11-14H2,3-8H3/t17-,18-/m0/s1. The first-order valence-electron chi connectivity index (χ1n) is 8.15. The number of rotatable bonds is 6. The second kappa shape index (κ2) is 7.63. The Bertz CT molecular complexity index is 463. The average molecular weight is 321 g/mol. The fraction of sp³-hybridized carbons (Fsp3) is 0.684. The summed E-state index contributed by atoms with van der Waals surface area (Å²) in [5.74, 6) is 2.96. The van der Waals surface area contributed by atoms with Crippen molar-refractivity contribution in [1.29, 1.82) is 0 Å². The molecular weight excluding hydrogens is 288 g/mol. The lowest BCUT2D eigenvalue weighted by Crippen LogP contribution is -2.44. The van der Waals surface area contributed by atoms with E-state index in [0.717, 1.165) is 19.4 Å². The maximum Gasteiger partial charge on any atom is 0.191 e. The van der Waals surface area contributed by atoms with Gasteiger partial charge < -0.3 is 9.16 Å². The summed E-state index contributed by atoms with van der Waals surface area (Å²) in [4.78, 5) is 0. The molecule has 0 unspecified atom stereocenters. The second-order valence-corrected chi connectivity index (χ2v) is 12.5. The summed E-state index contributed by atoms with van der Waals surface area (Å²) in [6.45, 7) is 18.6. The van der Waals surface area contributed by atoms with Gasteiger partial charge in [0.15, 0.2) is 8.32 Å². The summed E-state index contributed by atoms with van der Waals surface area (Å²) < 4.78 is 12.4. The van der Waals surface area contributed by atoms with Gasteiger partial charge >= 0.3 is 0 Å². The predicted octanol–water partition coefficient (Wildman–Crippen LogP) is 4.94. The van der Waals surface area contributed by atoms with Crippen molar-refractivity contribution < 1.29 is 9.16 Å². The smallest absolute Gasteiger partial charge is 0.191 e. The van der Waals surface area contributed by atoms with Crippen LogP contribution in [0.3, 0.4) is 0 Å². The minimum absolute atomic E-state index is 0.0579. The lowest BCUT2D eigenvalue weighted by Gasteiger charge is -2.40. The lowest BCUT2D eigenvalue weighted by atomic mass is 9.82. The summed E-state index contributed by atoms with van der Waals surface area (Å²) in [6, 6.07) is 0. The van der Waals surface area contributed by atoms with Crippen molar-refractivity contribution in [2.45, 2.75) is 64.8 Å². The summed E-state index contributed by atoms with van der Waals surface area (Å²) in [6.07, 6.45) is 9.50. The minimum atomic E-state index is -1.73. The van der Waals surface area contributed by atoms with Gasteiger partial charge in [-0.15, -0.1) is 6.42 Å². The Labute approximate surface area is 138 Å². The van der Waals surface area contributed by atoms with Gasteiger partial charge in [0.05, 0.1) is 6.10 Å². The van der Waals surface area contributed by atoms with Crippen LogP contribution in [-0.2, 0) is 9.16 Å². The van der Waals surface area contributed by atoms with Crippen LogP contribution in [0.25, 0.3) is 0 Å². The largest absolute Gasteiger partial charge is 0.416 e. The molecule has 0 N–H and O–H groups in total. The molecule has 0 fully saturated rings. The number of allylic oxidation sites excluding steroid dienone is 2. The van der Waals surface area contributed by atoms with Gasteiger partial charge in [0.2, 0.25) is 0 Å². The quantitative estimate of drug-likeness (QED) is 0.510. The van der Waals surface area contributed by atoms with E-state index >= 15 is 0 Å². The molecule has 0 aromatic heterocycles. The number of ether oxygens (including phenoxy) is 1. The first-order valence-corrected chi connectivity index (χ1v) is 11.1. The van der Waals surface area contributed by atoms with Crippen molar-refractivity contribution in [2.75, 3.05) is 13.2 Å². The molecule has 2 nitrogen and oxygen atoms in total. The molecule has 0 amide bonds. The fourth-order valence-corrected chi connectivity index (χ4v) is 3.65. The molecule has 3 heteroatoms. The predicted molar refractivity (Wildman–Crippen MR) is 97.3 cm³/mol. The molecule has 0 spiro atoms. The van der Waals surface area contributed by atoms with Gasteiger partial charge in [-0.2, -0.15) is 0 Å². The van der Waals surface area contributed by atoms with Crippen LogP contribution in [0.15, 0.2) is 23.8 Å². The van der Waals surface area contributed by atoms with Crippen molar-refractivity contribution in [2.24, 2.45) is 5.92 Å². The zero-order valence-corrected chi connectivity index (χ0v) is 16.2. The van der Waals surface area contributed by atoms with Gasteiger partial charge in [-0.05, 0) is 49.0 Å². The van der Waals surface area contributed by atoms with Crippen LogP contribution in [0.2, 0.25) is 18.1 Å². The molecule has 2 atom stereocenters. The molecule has 0 aromatic rings. The molecule has 1 aliphatic carbocycles. The third kappa shape index (κ3) is 4.58. The second-order valence-electron chi connectivity index (χ2n) is 7.72. The summed E-state index contributed by atoms with van der Waals surface area (Å²) in [5, 5.41) is 0.230. The molecule has 22 heavy (non-hydrogen) atoms. The van der Waals surface area contributed by atoms with Crippen LogP contribution in [0.1, 0.15) is 40.5 Å². The van der Waals surface area contributed by atoms with E-state index in [-0.39, 0.29) is 11.1 Å². The Morgan fingerprint density at radius 3 is 2.55 bits per heavy atom. The zero-order chi connectivity index (χ0) is 17.0. The van der Waals surface area contributed by atoms with Gasteiger partial charge in [0, 0.05) is 12.5 Å². The van der Waals surface area contributed by atoms with E-state index in [4.69, 9.17) is 15.6 Å². The Balaban J connectivity index is 2.83. The van der Waals surface area contributed by atoms with Crippen LogP contribution >= 0.6 is 0 Å². The average Bonchev–Trinajstić information content (AvgIpc) is 2.43. The third-order valence-electron chi connectivity index (χ3n) is 5.20. The normalized spacial score (nSPS) is 23.3. The number of hydrogen-bond acceptors (Lipinski definition) is 2. The van der Waals surface area contributed by atoms with Crippen molar-refractivity contribution in [1.82, 2.24) is 0 Å². The molecular formula is C19H32O2Si. The van der Waals surface area contributed by atoms with E-state index in [9.17, 15) is 0 Å². The molecule has 0 aliphatic heterocycles. The lowest BCUT2D eigenvalue weighted by molar-refractivity contribution is 0.0270. The first kappa shape index (κ1) is 19.2. The van der Waals surface area contributed by atoms with Crippen molar-refractivity contribution >= 4 is 8.32 Å². The van der Waals surface area contributed by atoms with Gasteiger partial charge in [-0.1, -0.05) is 39.3 Å². The molecule has 0 bridgehead atoms. The Kier molecular flexibility index (Phi) is 6.67. The van der Waals surface area contributed by atoms with E-state index in [1.54, 1.807) is 0 Å². The maximum absolute atomic E-state index is 6.42. The van der Waals surface area contributed by atoms with E-state index < -0.39 is 8.32 Å². The SMILES string of the molecule is C#CCO[C@H]1C(C)=C(C=C)CC[C@H]1CO[Si](C)(C)C(C)(C)C. The highest BCUT2D eigenvalue weighted by molar-refractivity contribution is 6.74. The third-order valence-corrected chi connectivity index (χ3v) is 9.70. The van der Waals surface area contributed by atoms with Crippen LogP contribution < -0.4 is 0 Å². The molecule has 0 saturated heterocycles. The minimum Gasteiger partial charge on any atom is -0.416 e. The van der Waals surface area contributed by atoms with Crippen molar-refractivity contribution in [3.63, 3.8) is 0 Å². The molecule has 124 valence electrons. The topological polar surface area (TPSA) is 18.5 Å². The van der Waals surface area contributed by atoms with Crippen molar-refractivity contribution in [3.8, 4) is 12.3 Å². The van der Waals surface area contributed by atoms with Crippen LogP contribution in [0, 0.1) is 18.3 Å². The van der Waals surface area contributed by atoms with Gasteiger partial charge in [-0.25, -0.2) is 0 Å². The van der Waals surface area contributed by atoms with Gasteiger partial charge in [0.25, 0.3) is 0 Å². The Morgan fingerprint density at radius 2 is 2.05 bits per heavy atom. The number of hydrogen-bond donors (Lipinski definition) is 0. The van der Waals surface area contributed by atoms with Crippen LogP contribution in [0.5, 0.6) is 0 Å². The molecule has 0 heterocycles. The van der Waals surface area contributed by atoms with E-state index in [1.165, 1.54) is 11.1 Å².